The SMILES string of the molecule is CN(C)c1ccc(C=C2CCc3c2nc2ccc(Cl)cn2c3=O)cc1. The molecule has 0 radical (unpaired) electrons. The quantitative estimate of drug-likeness (QED) is 0.702. The highest BCUT2D eigenvalue weighted by atomic mass is 35.5. The number of halogens is 1. The Kier molecular flexibility index (Phi) is 3.85. The normalized spacial score (nSPS) is 14.9. The van der Waals surface area contributed by atoms with Gasteiger partial charge in [-0.05, 0) is 54.3 Å². The van der Waals surface area contributed by atoms with Crippen LogP contribution in [0.2, 0.25) is 5.02 Å². The molecule has 0 atom stereocenters. The number of hydrogen-bond donors (Lipinski definition) is 0. The Morgan fingerprint density at radius 1 is 1.12 bits per heavy atom. The predicted molar refractivity (Wildman–Crippen MR) is 103 cm³/mol. The zero-order chi connectivity index (χ0) is 17.6. The lowest BCUT2D eigenvalue weighted by Gasteiger charge is -2.12. The predicted octanol–water partition coefficient (Wildman–Crippen LogP) is 3.90. The molecule has 0 amide bonds. The fourth-order valence-corrected chi connectivity index (χ4v) is 3.39. The lowest BCUT2D eigenvalue weighted by Crippen LogP contribution is -2.19. The molecular weight excluding hydrogens is 334 g/mol. The van der Waals surface area contributed by atoms with E-state index >= 15 is 0 Å². The smallest absolute Gasteiger partial charge is 0.261 e. The van der Waals surface area contributed by atoms with Gasteiger partial charge in [0.05, 0.1) is 10.7 Å². The molecule has 1 aliphatic carbocycles. The first-order chi connectivity index (χ1) is 12.0. The fraction of sp³-hybridized carbons (Fsp3) is 0.200. The number of nitrogens with zero attached hydrogens (tertiary/aromatic N) is 3. The molecule has 2 aromatic heterocycles. The van der Waals surface area contributed by atoms with Crippen LogP contribution in [0.5, 0.6) is 0 Å². The van der Waals surface area contributed by atoms with Crippen LogP contribution in [0, 0.1) is 0 Å². The largest absolute Gasteiger partial charge is 0.378 e. The van der Waals surface area contributed by atoms with Gasteiger partial charge in [-0.3, -0.25) is 9.20 Å². The van der Waals surface area contributed by atoms with Crippen LogP contribution < -0.4 is 10.5 Å². The van der Waals surface area contributed by atoms with E-state index in [0.29, 0.717) is 10.7 Å². The van der Waals surface area contributed by atoms with Gasteiger partial charge in [0.1, 0.15) is 5.65 Å². The number of aromatic nitrogens is 2. The molecule has 0 bridgehead atoms. The van der Waals surface area contributed by atoms with Crippen molar-refractivity contribution >= 4 is 34.6 Å². The summed E-state index contributed by atoms with van der Waals surface area (Å²) in [7, 11) is 4.05. The maximum absolute atomic E-state index is 12.7. The average Bonchev–Trinajstić information content (AvgIpc) is 2.99. The Balaban J connectivity index is 1.80. The number of anilines is 1. The van der Waals surface area contributed by atoms with Crippen molar-refractivity contribution in [1.29, 1.82) is 0 Å². The topological polar surface area (TPSA) is 37.6 Å². The summed E-state index contributed by atoms with van der Waals surface area (Å²) in [5, 5.41) is 0.533. The summed E-state index contributed by atoms with van der Waals surface area (Å²) in [6.07, 6.45) is 5.31. The Bertz CT molecular complexity index is 1050. The molecule has 126 valence electrons. The van der Waals surface area contributed by atoms with Crippen molar-refractivity contribution in [3.8, 4) is 0 Å². The van der Waals surface area contributed by atoms with Gasteiger partial charge in [-0.25, -0.2) is 4.98 Å². The van der Waals surface area contributed by atoms with E-state index in [1.54, 1.807) is 18.3 Å². The molecular formula is C20H18ClN3O. The van der Waals surface area contributed by atoms with E-state index in [2.05, 4.69) is 35.2 Å². The Morgan fingerprint density at radius 2 is 1.88 bits per heavy atom. The molecule has 5 heteroatoms. The first kappa shape index (κ1) is 15.9. The molecule has 0 aliphatic heterocycles. The van der Waals surface area contributed by atoms with E-state index < -0.39 is 0 Å². The van der Waals surface area contributed by atoms with Gasteiger partial charge in [0, 0.05) is 31.5 Å². The van der Waals surface area contributed by atoms with Crippen molar-refractivity contribution in [2.75, 3.05) is 19.0 Å². The number of allylic oxidation sites excluding steroid dienone is 1. The molecule has 0 fully saturated rings. The maximum Gasteiger partial charge on any atom is 0.261 e. The van der Waals surface area contributed by atoms with Crippen molar-refractivity contribution in [3.63, 3.8) is 0 Å². The summed E-state index contributed by atoms with van der Waals surface area (Å²) in [6, 6.07) is 11.9. The Labute approximate surface area is 151 Å². The summed E-state index contributed by atoms with van der Waals surface area (Å²) in [5.74, 6) is 0. The lowest BCUT2D eigenvalue weighted by atomic mass is 10.1. The van der Waals surface area contributed by atoms with Gasteiger partial charge in [0.25, 0.3) is 5.56 Å². The molecule has 0 N–H and O–H groups in total. The van der Waals surface area contributed by atoms with Crippen LogP contribution in [0.3, 0.4) is 0 Å². The monoisotopic (exact) mass is 351 g/mol. The zero-order valence-corrected chi connectivity index (χ0v) is 14.9. The molecule has 0 unspecified atom stereocenters. The second-order valence-corrected chi connectivity index (χ2v) is 6.91. The second kappa shape index (κ2) is 6.05. The molecule has 25 heavy (non-hydrogen) atoms. The van der Waals surface area contributed by atoms with E-state index in [-0.39, 0.29) is 5.56 Å². The molecule has 2 heterocycles. The minimum atomic E-state index is -0.0196. The van der Waals surface area contributed by atoms with Gasteiger partial charge < -0.3 is 4.90 Å². The fourth-order valence-electron chi connectivity index (χ4n) is 3.23. The van der Waals surface area contributed by atoms with Crippen LogP contribution in [0.4, 0.5) is 5.69 Å². The highest BCUT2D eigenvalue weighted by Gasteiger charge is 2.22. The number of fused-ring (bicyclic) bond motifs is 2. The third-order valence-corrected chi connectivity index (χ3v) is 4.80. The maximum atomic E-state index is 12.7. The second-order valence-electron chi connectivity index (χ2n) is 6.48. The number of benzene rings is 1. The van der Waals surface area contributed by atoms with Crippen molar-refractivity contribution in [1.82, 2.24) is 9.38 Å². The van der Waals surface area contributed by atoms with E-state index in [1.807, 2.05) is 14.1 Å². The van der Waals surface area contributed by atoms with Crippen LogP contribution in [-0.4, -0.2) is 23.5 Å². The van der Waals surface area contributed by atoms with Gasteiger partial charge in [-0.1, -0.05) is 23.7 Å². The van der Waals surface area contributed by atoms with Crippen molar-refractivity contribution in [3.05, 3.63) is 74.8 Å². The summed E-state index contributed by atoms with van der Waals surface area (Å²) in [6.45, 7) is 0. The average molecular weight is 352 g/mol. The molecule has 0 spiro atoms. The van der Waals surface area contributed by atoms with Gasteiger partial charge in [0.2, 0.25) is 0 Å². The van der Waals surface area contributed by atoms with Crippen molar-refractivity contribution in [2.45, 2.75) is 12.8 Å². The van der Waals surface area contributed by atoms with Gasteiger partial charge >= 0.3 is 0 Å². The molecule has 1 aliphatic rings. The van der Waals surface area contributed by atoms with Crippen molar-refractivity contribution < 1.29 is 0 Å². The molecule has 4 rings (SSSR count). The highest BCUT2D eigenvalue weighted by Crippen LogP contribution is 2.31. The van der Waals surface area contributed by atoms with E-state index in [0.717, 1.165) is 40.9 Å². The lowest BCUT2D eigenvalue weighted by molar-refractivity contribution is 0.971. The summed E-state index contributed by atoms with van der Waals surface area (Å²) in [5.41, 5.74) is 5.60. The Hall–Kier alpha value is -2.59. The summed E-state index contributed by atoms with van der Waals surface area (Å²) in [4.78, 5) is 19.5. The van der Waals surface area contributed by atoms with Gasteiger partial charge in [-0.2, -0.15) is 0 Å². The summed E-state index contributed by atoms with van der Waals surface area (Å²) < 4.78 is 1.54. The van der Waals surface area contributed by atoms with Gasteiger partial charge in [-0.15, -0.1) is 0 Å². The van der Waals surface area contributed by atoms with Crippen molar-refractivity contribution in [2.24, 2.45) is 0 Å². The molecule has 3 aromatic rings. The zero-order valence-electron chi connectivity index (χ0n) is 14.2. The van der Waals surface area contributed by atoms with Gasteiger partial charge in [0.15, 0.2) is 0 Å². The number of hydrogen-bond acceptors (Lipinski definition) is 3. The highest BCUT2D eigenvalue weighted by molar-refractivity contribution is 6.30. The minimum Gasteiger partial charge on any atom is -0.378 e. The molecule has 0 saturated carbocycles. The number of rotatable bonds is 2. The van der Waals surface area contributed by atoms with E-state index in [1.165, 1.54) is 4.40 Å². The summed E-state index contributed by atoms with van der Waals surface area (Å²) >= 11 is 6.01. The third kappa shape index (κ3) is 2.83. The molecule has 4 nitrogen and oxygen atoms in total. The molecule has 0 saturated heterocycles. The standard InChI is InChI=1S/C20H18ClN3O/c1-23(2)16-7-3-13(4-8-16)11-14-5-9-17-19(14)22-18-10-6-15(21)12-24(18)20(17)25/h3-4,6-8,10-12H,5,9H2,1-2H3. The van der Waals surface area contributed by atoms with E-state index in [9.17, 15) is 4.79 Å². The molecule has 1 aromatic carbocycles. The minimum absolute atomic E-state index is 0.0196. The van der Waals surface area contributed by atoms with E-state index in [4.69, 9.17) is 16.6 Å². The van der Waals surface area contributed by atoms with Crippen LogP contribution >= 0.6 is 11.6 Å². The first-order valence-electron chi connectivity index (χ1n) is 8.22. The van der Waals surface area contributed by atoms with Crippen LogP contribution in [0.15, 0.2) is 47.4 Å². The van der Waals surface area contributed by atoms with Crippen LogP contribution in [0.1, 0.15) is 23.2 Å². The number of pyridine rings is 1. The van der Waals surface area contributed by atoms with Crippen LogP contribution in [0.25, 0.3) is 17.3 Å². The Morgan fingerprint density at radius 3 is 2.60 bits per heavy atom. The third-order valence-electron chi connectivity index (χ3n) is 4.58. The first-order valence-corrected chi connectivity index (χ1v) is 8.60. The van der Waals surface area contributed by atoms with Crippen LogP contribution in [-0.2, 0) is 6.42 Å².